The summed E-state index contributed by atoms with van der Waals surface area (Å²) in [4.78, 5) is 34.9. The molecule has 0 aliphatic carbocycles. The second kappa shape index (κ2) is 11.1. The molecule has 2 aromatic carbocycles. The minimum Gasteiger partial charge on any atom is -0.504 e. The summed E-state index contributed by atoms with van der Waals surface area (Å²) >= 11 is 0. The van der Waals surface area contributed by atoms with Crippen LogP contribution in [0.4, 0.5) is 0 Å². The van der Waals surface area contributed by atoms with E-state index in [1.54, 1.807) is 48.6 Å². The molecular weight excluding hydrogens is 386 g/mol. The number of nitrogens with one attached hydrogen (secondary N) is 1. The molecule has 2 rings (SSSR count). The predicted molar refractivity (Wildman–Crippen MR) is 113 cm³/mol. The number of aromatic hydroxyl groups is 1. The van der Waals surface area contributed by atoms with Crippen molar-refractivity contribution in [1.29, 1.82) is 0 Å². The number of hydroxylamine groups is 1. The molecule has 0 unspecified atom stereocenters. The minimum absolute atomic E-state index is 0.000929. The van der Waals surface area contributed by atoms with E-state index in [1.165, 1.54) is 43.0 Å². The Morgan fingerprint density at radius 2 is 1.37 bits per heavy atom. The first-order valence-electron chi connectivity index (χ1n) is 8.92. The molecular formula is C23H21NO6. The van der Waals surface area contributed by atoms with Crippen LogP contribution in [0.5, 0.6) is 11.5 Å². The molecule has 30 heavy (non-hydrogen) atoms. The zero-order chi connectivity index (χ0) is 21.9. The van der Waals surface area contributed by atoms with Crippen LogP contribution in [0, 0.1) is 0 Å². The lowest BCUT2D eigenvalue weighted by Crippen LogP contribution is -2.14. The molecule has 0 heterocycles. The molecule has 0 aromatic heterocycles. The number of carbonyl (C=O) groups is 3. The van der Waals surface area contributed by atoms with Crippen molar-refractivity contribution in [3.63, 3.8) is 0 Å². The monoisotopic (exact) mass is 407 g/mol. The van der Waals surface area contributed by atoms with Crippen molar-refractivity contribution in [3.8, 4) is 11.5 Å². The highest BCUT2D eigenvalue weighted by Gasteiger charge is 2.05. The summed E-state index contributed by atoms with van der Waals surface area (Å²) in [6.45, 7) is 0. The third-order valence-electron chi connectivity index (χ3n) is 3.95. The fraction of sp³-hybridized carbons (Fsp3) is 0.0870. The summed E-state index contributed by atoms with van der Waals surface area (Å²) in [7, 11) is 1.43. The zero-order valence-corrected chi connectivity index (χ0v) is 16.2. The molecule has 0 spiro atoms. The van der Waals surface area contributed by atoms with Gasteiger partial charge in [0.25, 0.3) is 5.91 Å². The van der Waals surface area contributed by atoms with Crippen molar-refractivity contribution in [3.05, 3.63) is 77.4 Å². The van der Waals surface area contributed by atoms with E-state index < -0.39 is 5.91 Å². The number of hydrogen-bond donors (Lipinski definition) is 3. The highest BCUT2D eigenvalue weighted by molar-refractivity contribution is 6.10. The van der Waals surface area contributed by atoms with Gasteiger partial charge in [-0.3, -0.25) is 19.6 Å². The van der Waals surface area contributed by atoms with Crippen molar-refractivity contribution in [2.45, 2.75) is 6.42 Å². The lowest BCUT2D eigenvalue weighted by Gasteiger charge is -2.03. The van der Waals surface area contributed by atoms with Gasteiger partial charge in [0.2, 0.25) is 0 Å². The summed E-state index contributed by atoms with van der Waals surface area (Å²) < 4.78 is 5.00. The predicted octanol–water partition coefficient (Wildman–Crippen LogP) is 3.17. The Kier molecular flexibility index (Phi) is 8.28. The van der Waals surface area contributed by atoms with Crippen LogP contribution < -0.4 is 10.2 Å². The van der Waals surface area contributed by atoms with E-state index >= 15 is 0 Å². The molecule has 154 valence electrons. The number of hydrogen-bond acceptors (Lipinski definition) is 6. The molecule has 7 heteroatoms. The largest absolute Gasteiger partial charge is 0.504 e. The molecule has 0 atom stereocenters. The van der Waals surface area contributed by atoms with Gasteiger partial charge in [-0.2, -0.15) is 0 Å². The van der Waals surface area contributed by atoms with Gasteiger partial charge in [-0.05, 0) is 47.1 Å². The van der Waals surface area contributed by atoms with Crippen LogP contribution in [0.1, 0.15) is 23.1 Å². The maximum absolute atomic E-state index is 12.0. The fourth-order valence-corrected chi connectivity index (χ4v) is 2.39. The zero-order valence-electron chi connectivity index (χ0n) is 16.2. The first-order chi connectivity index (χ1) is 14.4. The number of ether oxygens (including phenoxy) is 1. The average Bonchev–Trinajstić information content (AvgIpc) is 2.76. The third-order valence-corrected chi connectivity index (χ3v) is 3.95. The first kappa shape index (κ1) is 22.3. The second-order valence-corrected chi connectivity index (χ2v) is 6.18. The second-order valence-electron chi connectivity index (χ2n) is 6.18. The van der Waals surface area contributed by atoms with Crippen molar-refractivity contribution in [2.75, 3.05) is 7.11 Å². The number of ketones is 2. The minimum atomic E-state index is -0.632. The summed E-state index contributed by atoms with van der Waals surface area (Å²) in [5, 5.41) is 18.0. The SMILES string of the molecule is COc1cc(/C=C/C(=O)CC(=O)/C=C/c2ccc(/C=C/C(=O)NO)cc2)ccc1O. The number of benzene rings is 2. The summed E-state index contributed by atoms with van der Waals surface area (Å²) in [5.74, 6) is -1.02. The molecule has 0 fully saturated rings. The maximum Gasteiger partial charge on any atom is 0.267 e. The fourth-order valence-electron chi connectivity index (χ4n) is 2.39. The van der Waals surface area contributed by atoms with Crippen LogP contribution in [0.3, 0.4) is 0 Å². The molecule has 2 aromatic rings. The Balaban J connectivity index is 1.90. The Labute approximate surface area is 173 Å². The smallest absolute Gasteiger partial charge is 0.267 e. The molecule has 1 amide bonds. The third kappa shape index (κ3) is 7.21. The summed E-state index contributed by atoms with van der Waals surface area (Å²) in [6.07, 6.45) is 8.23. The highest BCUT2D eigenvalue weighted by atomic mass is 16.5. The standard InChI is InChI=1S/C23H21NO6/c1-30-22-14-18(8-12-21(22)27)7-11-20(26)15-19(25)10-6-16-2-4-17(5-3-16)9-13-23(28)24-29/h2-14,27,29H,15H2,1H3,(H,24,28)/b10-6+,11-7+,13-9+. The Morgan fingerprint density at radius 1 is 0.867 bits per heavy atom. The van der Waals surface area contributed by atoms with Gasteiger partial charge in [0.1, 0.15) is 0 Å². The normalized spacial score (nSPS) is 11.3. The number of phenols is 1. The van der Waals surface area contributed by atoms with Gasteiger partial charge in [-0.1, -0.05) is 42.5 Å². The van der Waals surface area contributed by atoms with Crippen molar-refractivity contribution in [2.24, 2.45) is 0 Å². The van der Waals surface area contributed by atoms with Crippen LogP contribution in [-0.4, -0.2) is 34.9 Å². The highest BCUT2D eigenvalue weighted by Crippen LogP contribution is 2.26. The molecule has 3 N–H and O–H groups in total. The summed E-state index contributed by atoms with van der Waals surface area (Å²) in [5.41, 5.74) is 3.66. The van der Waals surface area contributed by atoms with Gasteiger partial charge in [-0.15, -0.1) is 0 Å². The van der Waals surface area contributed by atoms with E-state index in [4.69, 9.17) is 9.94 Å². The summed E-state index contributed by atoms with van der Waals surface area (Å²) in [6, 6.07) is 11.6. The van der Waals surface area contributed by atoms with E-state index in [-0.39, 0.29) is 23.7 Å². The number of phenolic OH excluding ortho intramolecular Hbond substituents is 1. The lowest BCUT2D eigenvalue weighted by molar-refractivity contribution is -0.124. The van der Waals surface area contributed by atoms with Crippen molar-refractivity contribution in [1.82, 2.24) is 5.48 Å². The molecule has 0 bridgehead atoms. The Morgan fingerprint density at radius 3 is 1.90 bits per heavy atom. The number of carbonyl (C=O) groups excluding carboxylic acids is 3. The van der Waals surface area contributed by atoms with Gasteiger partial charge >= 0.3 is 0 Å². The van der Waals surface area contributed by atoms with E-state index in [2.05, 4.69) is 0 Å². The van der Waals surface area contributed by atoms with Crippen LogP contribution >= 0.6 is 0 Å². The molecule has 0 aliphatic rings. The quantitative estimate of drug-likeness (QED) is 0.255. The Hall–Kier alpha value is -3.97. The van der Waals surface area contributed by atoms with Crippen LogP contribution in [0.25, 0.3) is 18.2 Å². The average molecular weight is 407 g/mol. The number of methoxy groups -OCH3 is 1. The molecule has 0 saturated carbocycles. The van der Waals surface area contributed by atoms with Gasteiger partial charge in [0.15, 0.2) is 23.1 Å². The topological polar surface area (TPSA) is 113 Å². The van der Waals surface area contributed by atoms with Crippen molar-refractivity contribution >= 4 is 35.7 Å². The number of amides is 1. The molecule has 7 nitrogen and oxygen atoms in total. The van der Waals surface area contributed by atoms with Gasteiger partial charge in [0, 0.05) is 6.08 Å². The van der Waals surface area contributed by atoms with Crippen LogP contribution in [0.15, 0.2) is 60.7 Å². The van der Waals surface area contributed by atoms with Crippen LogP contribution in [-0.2, 0) is 14.4 Å². The van der Waals surface area contributed by atoms with E-state index in [0.29, 0.717) is 11.3 Å². The van der Waals surface area contributed by atoms with Gasteiger partial charge in [-0.25, -0.2) is 5.48 Å². The maximum atomic E-state index is 12.0. The van der Waals surface area contributed by atoms with Crippen LogP contribution in [0.2, 0.25) is 0 Å². The molecule has 0 aliphatic heterocycles. The van der Waals surface area contributed by atoms with Gasteiger partial charge in [0.05, 0.1) is 13.5 Å². The Bertz CT molecular complexity index is 1000. The van der Waals surface area contributed by atoms with Gasteiger partial charge < -0.3 is 9.84 Å². The molecule has 0 saturated heterocycles. The first-order valence-corrected chi connectivity index (χ1v) is 8.92. The molecule has 0 radical (unpaired) electrons. The lowest BCUT2D eigenvalue weighted by atomic mass is 10.1. The number of allylic oxidation sites excluding steroid dienone is 2. The van der Waals surface area contributed by atoms with E-state index in [9.17, 15) is 19.5 Å². The van der Waals surface area contributed by atoms with E-state index in [1.807, 2.05) is 0 Å². The van der Waals surface area contributed by atoms with Crippen molar-refractivity contribution < 1.29 is 29.4 Å². The van der Waals surface area contributed by atoms with E-state index in [0.717, 1.165) is 11.1 Å². The number of rotatable bonds is 9.